The fourth-order valence-electron chi connectivity index (χ4n) is 3.50. The summed E-state index contributed by atoms with van der Waals surface area (Å²) in [5.41, 5.74) is 4.17. The van der Waals surface area contributed by atoms with Crippen molar-refractivity contribution in [2.75, 3.05) is 26.2 Å². The molecule has 4 nitrogen and oxygen atoms in total. The van der Waals surface area contributed by atoms with Gasteiger partial charge in [0.05, 0.1) is 23.9 Å². The Balaban J connectivity index is 2.27. The number of aromatic nitrogens is 2. The van der Waals surface area contributed by atoms with Gasteiger partial charge in [0.25, 0.3) is 0 Å². The molecular formula is C23H33FN4. The molecule has 1 aliphatic rings. The number of imidazole rings is 1. The SMILES string of the molecule is C=CC=C(C(=C)C(=CC=C(C)F)CC)C(C)n1cncc1CN1CCNCC1. The Morgan fingerprint density at radius 1 is 1.32 bits per heavy atom. The van der Waals surface area contributed by atoms with Crippen molar-refractivity contribution in [3.63, 3.8) is 0 Å². The van der Waals surface area contributed by atoms with E-state index in [0.717, 1.165) is 55.9 Å². The number of hydrogen-bond acceptors (Lipinski definition) is 3. The van der Waals surface area contributed by atoms with Gasteiger partial charge in [-0.25, -0.2) is 9.37 Å². The molecule has 1 unspecified atom stereocenters. The molecule has 152 valence electrons. The van der Waals surface area contributed by atoms with Gasteiger partial charge in [0.15, 0.2) is 0 Å². The van der Waals surface area contributed by atoms with Gasteiger partial charge in [0.1, 0.15) is 0 Å². The summed E-state index contributed by atoms with van der Waals surface area (Å²) < 4.78 is 15.4. The normalized spacial score (nSPS) is 18.2. The summed E-state index contributed by atoms with van der Waals surface area (Å²) in [5, 5.41) is 3.39. The summed E-state index contributed by atoms with van der Waals surface area (Å²) in [6.45, 7) is 18.8. The maximum Gasteiger partial charge on any atom is 0.0968 e. The molecule has 1 saturated heterocycles. The Hall–Kier alpha value is -2.24. The van der Waals surface area contributed by atoms with Crippen LogP contribution in [0.4, 0.5) is 4.39 Å². The molecule has 0 amide bonds. The molecule has 0 radical (unpaired) electrons. The first-order valence-corrected chi connectivity index (χ1v) is 9.96. The second kappa shape index (κ2) is 10.9. The molecule has 1 fully saturated rings. The van der Waals surface area contributed by atoms with E-state index in [0.29, 0.717) is 0 Å². The molecule has 1 aromatic heterocycles. The van der Waals surface area contributed by atoms with E-state index in [-0.39, 0.29) is 11.9 Å². The monoisotopic (exact) mass is 384 g/mol. The van der Waals surface area contributed by atoms with E-state index in [2.05, 4.69) is 46.8 Å². The minimum atomic E-state index is -0.214. The number of nitrogens with one attached hydrogen (secondary N) is 1. The number of hydrogen-bond donors (Lipinski definition) is 1. The summed E-state index contributed by atoms with van der Waals surface area (Å²) in [7, 11) is 0. The van der Waals surface area contributed by atoms with E-state index in [1.165, 1.54) is 18.7 Å². The third kappa shape index (κ3) is 5.88. The zero-order valence-corrected chi connectivity index (χ0v) is 17.4. The quantitative estimate of drug-likeness (QED) is 0.625. The molecule has 0 bridgehead atoms. The van der Waals surface area contributed by atoms with Crippen molar-refractivity contribution in [3.05, 3.63) is 78.2 Å². The minimum absolute atomic E-state index is 0.0521. The van der Waals surface area contributed by atoms with E-state index in [1.54, 1.807) is 6.08 Å². The molecule has 1 aliphatic heterocycles. The van der Waals surface area contributed by atoms with Crippen LogP contribution in [-0.2, 0) is 6.54 Å². The van der Waals surface area contributed by atoms with E-state index in [1.807, 2.05) is 24.7 Å². The van der Waals surface area contributed by atoms with Crippen LogP contribution >= 0.6 is 0 Å². The standard InChI is InChI=1S/C23H33FN4/c1-6-8-23(19(4)21(7-2)10-9-18(3)24)20(5)28-17-26-15-22(28)16-27-13-11-25-12-14-27/h6,8-10,15,17,20,25H,1,4,7,11-14,16H2,2-3,5H3. The van der Waals surface area contributed by atoms with Gasteiger partial charge in [-0.3, -0.25) is 4.90 Å². The summed E-state index contributed by atoms with van der Waals surface area (Å²) in [4.78, 5) is 6.84. The molecule has 2 rings (SSSR count). The highest BCUT2D eigenvalue weighted by atomic mass is 19.1. The first kappa shape index (κ1) is 22.1. The van der Waals surface area contributed by atoms with Gasteiger partial charge in [-0.15, -0.1) is 0 Å². The fraction of sp³-hybridized carbons (Fsp3) is 0.435. The predicted octanol–water partition coefficient (Wildman–Crippen LogP) is 4.73. The Labute approximate surface area is 168 Å². The smallest absolute Gasteiger partial charge is 0.0968 e. The molecule has 1 aromatic rings. The average Bonchev–Trinajstić information content (AvgIpc) is 3.14. The third-order valence-corrected chi connectivity index (χ3v) is 5.14. The van der Waals surface area contributed by atoms with Crippen molar-refractivity contribution in [3.8, 4) is 0 Å². The molecular weight excluding hydrogens is 351 g/mol. The average molecular weight is 385 g/mol. The molecule has 1 atom stereocenters. The summed E-state index contributed by atoms with van der Waals surface area (Å²) in [6, 6.07) is 0.0521. The summed E-state index contributed by atoms with van der Waals surface area (Å²) >= 11 is 0. The minimum Gasteiger partial charge on any atom is -0.326 e. The number of allylic oxidation sites excluding steroid dienone is 8. The number of nitrogens with zero attached hydrogens (tertiary/aromatic N) is 3. The molecule has 0 aliphatic carbocycles. The third-order valence-electron chi connectivity index (χ3n) is 5.14. The molecule has 28 heavy (non-hydrogen) atoms. The number of piperazine rings is 1. The molecule has 0 aromatic carbocycles. The first-order valence-electron chi connectivity index (χ1n) is 9.96. The Kier molecular flexibility index (Phi) is 8.61. The van der Waals surface area contributed by atoms with Crippen LogP contribution in [0.1, 0.15) is 38.9 Å². The lowest BCUT2D eigenvalue weighted by molar-refractivity contribution is 0.227. The van der Waals surface area contributed by atoms with Gasteiger partial charge in [-0.1, -0.05) is 38.3 Å². The van der Waals surface area contributed by atoms with Crippen LogP contribution in [0.25, 0.3) is 0 Å². The highest BCUT2D eigenvalue weighted by molar-refractivity contribution is 5.49. The van der Waals surface area contributed by atoms with Crippen LogP contribution in [0.5, 0.6) is 0 Å². The Morgan fingerprint density at radius 3 is 2.64 bits per heavy atom. The van der Waals surface area contributed by atoms with Gasteiger partial charge in [0, 0.05) is 38.9 Å². The Morgan fingerprint density at radius 2 is 2.04 bits per heavy atom. The summed E-state index contributed by atoms with van der Waals surface area (Å²) in [6.07, 6.45) is 11.7. The molecule has 0 saturated carbocycles. The topological polar surface area (TPSA) is 33.1 Å². The highest BCUT2D eigenvalue weighted by Gasteiger charge is 2.19. The maximum atomic E-state index is 13.2. The second-order valence-electron chi connectivity index (χ2n) is 7.13. The zero-order valence-electron chi connectivity index (χ0n) is 17.4. The molecule has 5 heteroatoms. The van der Waals surface area contributed by atoms with Crippen LogP contribution in [0.15, 0.2) is 72.5 Å². The van der Waals surface area contributed by atoms with Crippen LogP contribution < -0.4 is 5.32 Å². The zero-order chi connectivity index (χ0) is 20.5. The van der Waals surface area contributed by atoms with Crippen LogP contribution in [-0.4, -0.2) is 40.6 Å². The van der Waals surface area contributed by atoms with Crippen molar-refractivity contribution >= 4 is 0 Å². The van der Waals surface area contributed by atoms with Gasteiger partial charge < -0.3 is 9.88 Å². The van der Waals surface area contributed by atoms with Crippen LogP contribution in [0.2, 0.25) is 0 Å². The van der Waals surface area contributed by atoms with Crippen molar-refractivity contribution < 1.29 is 4.39 Å². The second-order valence-corrected chi connectivity index (χ2v) is 7.13. The molecule has 0 spiro atoms. The van der Waals surface area contributed by atoms with Gasteiger partial charge in [-0.05, 0) is 43.1 Å². The predicted molar refractivity (Wildman–Crippen MR) is 116 cm³/mol. The first-order chi connectivity index (χ1) is 13.5. The van der Waals surface area contributed by atoms with Gasteiger partial charge in [0.2, 0.25) is 0 Å². The lowest BCUT2D eigenvalue weighted by Gasteiger charge is -2.29. The molecule has 2 heterocycles. The Bertz CT molecular complexity index is 759. The van der Waals surface area contributed by atoms with E-state index in [4.69, 9.17) is 0 Å². The van der Waals surface area contributed by atoms with Crippen LogP contribution in [0.3, 0.4) is 0 Å². The lowest BCUT2D eigenvalue weighted by Crippen LogP contribution is -2.43. The lowest BCUT2D eigenvalue weighted by atomic mass is 9.92. The highest BCUT2D eigenvalue weighted by Crippen LogP contribution is 2.31. The van der Waals surface area contributed by atoms with E-state index >= 15 is 0 Å². The van der Waals surface area contributed by atoms with Gasteiger partial charge >= 0.3 is 0 Å². The van der Waals surface area contributed by atoms with Crippen molar-refractivity contribution in [2.24, 2.45) is 0 Å². The van der Waals surface area contributed by atoms with E-state index in [9.17, 15) is 4.39 Å². The summed E-state index contributed by atoms with van der Waals surface area (Å²) in [5.74, 6) is -0.214. The van der Waals surface area contributed by atoms with Crippen molar-refractivity contribution in [2.45, 2.75) is 39.8 Å². The van der Waals surface area contributed by atoms with E-state index < -0.39 is 0 Å². The number of halogens is 1. The molecule has 1 N–H and O–H groups in total. The number of rotatable bonds is 9. The van der Waals surface area contributed by atoms with Crippen molar-refractivity contribution in [1.29, 1.82) is 0 Å². The van der Waals surface area contributed by atoms with Crippen molar-refractivity contribution in [1.82, 2.24) is 19.8 Å². The largest absolute Gasteiger partial charge is 0.326 e. The maximum absolute atomic E-state index is 13.2. The van der Waals surface area contributed by atoms with Crippen LogP contribution in [0, 0.1) is 0 Å². The van der Waals surface area contributed by atoms with Gasteiger partial charge in [-0.2, -0.15) is 0 Å². The fourth-order valence-corrected chi connectivity index (χ4v) is 3.50.